The number of benzene rings is 2. The highest BCUT2D eigenvalue weighted by Gasteiger charge is 2.26. The monoisotopic (exact) mass is 300 g/mol. The molecule has 1 aliphatic heterocycles. The second kappa shape index (κ2) is 5.55. The maximum atomic E-state index is 13.8. The molecule has 6 heteroatoms. The molecule has 3 rings (SSSR count). The van der Waals surface area contributed by atoms with E-state index in [4.69, 9.17) is 0 Å². The normalized spacial score (nSPS) is 13.9. The van der Waals surface area contributed by atoms with E-state index in [2.05, 4.69) is 0 Å². The average Bonchev–Trinajstić information content (AvgIpc) is 2.51. The lowest BCUT2D eigenvalue weighted by Crippen LogP contribution is -2.34. The van der Waals surface area contributed by atoms with Gasteiger partial charge in [0.1, 0.15) is 5.82 Å². The fraction of sp³-hybridized carbons (Fsp3) is 0.188. The van der Waals surface area contributed by atoms with Gasteiger partial charge in [-0.3, -0.25) is 14.9 Å². The number of nitrogens with zero attached hydrogens (tertiary/aromatic N) is 2. The first-order valence-electron chi connectivity index (χ1n) is 6.87. The van der Waals surface area contributed by atoms with Crippen molar-refractivity contribution in [3.8, 4) is 0 Å². The van der Waals surface area contributed by atoms with Gasteiger partial charge in [0.15, 0.2) is 0 Å². The molecule has 0 radical (unpaired) electrons. The van der Waals surface area contributed by atoms with E-state index in [1.54, 1.807) is 24.3 Å². The van der Waals surface area contributed by atoms with E-state index in [0.717, 1.165) is 5.56 Å². The highest BCUT2D eigenvalue weighted by atomic mass is 19.1. The summed E-state index contributed by atoms with van der Waals surface area (Å²) in [6.07, 6.45) is 0.728. The van der Waals surface area contributed by atoms with Gasteiger partial charge >= 0.3 is 0 Å². The smallest absolute Gasteiger partial charge is 0.269 e. The van der Waals surface area contributed by atoms with Crippen LogP contribution in [0.1, 0.15) is 17.5 Å². The number of carbonyl (C=O) groups excluding carboxylic acids is 1. The Morgan fingerprint density at radius 2 is 1.95 bits per heavy atom. The fourth-order valence-electron chi connectivity index (χ4n) is 2.63. The van der Waals surface area contributed by atoms with Crippen molar-refractivity contribution < 1.29 is 14.1 Å². The number of rotatable bonds is 3. The van der Waals surface area contributed by atoms with Crippen molar-refractivity contribution in [1.82, 2.24) is 0 Å². The first-order chi connectivity index (χ1) is 10.6. The minimum absolute atomic E-state index is 0.000981. The van der Waals surface area contributed by atoms with Gasteiger partial charge in [-0.1, -0.05) is 18.2 Å². The number of halogens is 1. The van der Waals surface area contributed by atoms with Crippen molar-refractivity contribution in [2.75, 3.05) is 4.90 Å². The number of carbonyl (C=O) groups is 1. The topological polar surface area (TPSA) is 63.4 Å². The molecule has 5 nitrogen and oxygen atoms in total. The van der Waals surface area contributed by atoms with Gasteiger partial charge in [0.25, 0.3) is 5.69 Å². The zero-order valence-corrected chi connectivity index (χ0v) is 11.7. The molecule has 0 N–H and O–H groups in total. The molecule has 1 heterocycles. The van der Waals surface area contributed by atoms with Gasteiger partial charge < -0.3 is 4.90 Å². The van der Waals surface area contributed by atoms with Gasteiger partial charge in [-0.05, 0) is 24.1 Å². The third-order valence-corrected chi connectivity index (χ3v) is 3.76. The van der Waals surface area contributed by atoms with E-state index >= 15 is 0 Å². The van der Waals surface area contributed by atoms with Crippen molar-refractivity contribution in [1.29, 1.82) is 0 Å². The van der Waals surface area contributed by atoms with Gasteiger partial charge in [-0.15, -0.1) is 0 Å². The van der Waals surface area contributed by atoms with Gasteiger partial charge in [-0.25, -0.2) is 4.39 Å². The van der Waals surface area contributed by atoms with Crippen LogP contribution in [0, 0.1) is 15.9 Å². The molecule has 22 heavy (non-hydrogen) atoms. The summed E-state index contributed by atoms with van der Waals surface area (Å²) in [7, 11) is 0. The van der Waals surface area contributed by atoms with Crippen LogP contribution in [0.5, 0.6) is 0 Å². The van der Waals surface area contributed by atoms with Crippen LogP contribution in [0.25, 0.3) is 0 Å². The Bertz CT molecular complexity index is 761. The van der Waals surface area contributed by atoms with Crippen LogP contribution < -0.4 is 4.90 Å². The van der Waals surface area contributed by atoms with Crippen LogP contribution in [-0.4, -0.2) is 10.8 Å². The molecule has 1 amide bonds. The molecule has 0 bridgehead atoms. The summed E-state index contributed by atoms with van der Waals surface area (Å²) in [5.74, 6) is -0.478. The number of amides is 1. The van der Waals surface area contributed by atoms with Crippen molar-refractivity contribution >= 4 is 17.3 Å². The molecule has 0 saturated heterocycles. The second-order valence-electron chi connectivity index (χ2n) is 5.14. The number of nitro benzene ring substituents is 1. The number of non-ortho nitro benzene ring substituents is 1. The Kier molecular flexibility index (Phi) is 3.58. The lowest BCUT2D eigenvalue weighted by molar-refractivity contribution is -0.384. The SMILES string of the molecule is O=C1CCc2cc([N+](=O)[O-])ccc2N1Cc1ccccc1F. The van der Waals surface area contributed by atoms with Crippen molar-refractivity contribution in [2.45, 2.75) is 19.4 Å². The third-order valence-electron chi connectivity index (χ3n) is 3.76. The predicted molar refractivity (Wildman–Crippen MR) is 79.0 cm³/mol. The summed E-state index contributed by atoms with van der Waals surface area (Å²) in [6, 6.07) is 10.7. The first kappa shape index (κ1) is 14.2. The van der Waals surface area contributed by atoms with Gasteiger partial charge in [-0.2, -0.15) is 0 Å². The second-order valence-corrected chi connectivity index (χ2v) is 5.14. The highest BCUT2D eigenvalue weighted by molar-refractivity contribution is 5.96. The van der Waals surface area contributed by atoms with Crippen molar-refractivity contribution in [3.05, 3.63) is 69.5 Å². The zero-order valence-electron chi connectivity index (χ0n) is 11.7. The Balaban J connectivity index is 1.97. The Hall–Kier alpha value is -2.76. The molecule has 0 saturated carbocycles. The quantitative estimate of drug-likeness (QED) is 0.646. The Morgan fingerprint density at radius 1 is 1.18 bits per heavy atom. The van der Waals surface area contributed by atoms with Crippen molar-refractivity contribution in [2.24, 2.45) is 0 Å². The van der Waals surface area contributed by atoms with E-state index in [-0.39, 0.29) is 30.4 Å². The Morgan fingerprint density at radius 3 is 2.68 bits per heavy atom. The molecule has 0 aromatic heterocycles. The van der Waals surface area contributed by atoms with E-state index in [9.17, 15) is 19.3 Å². The minimum atomic E-state index is -0.460. The number of aryl methyl sites for hydroxylation is 1. The van der Waals surface area contributed by atoms with E-state index in [1.807, 2.05) is 0 Å². The van der Waals surface area contributed by atoms with Gasteiger partial charge in [0.2, 0.25) is 5.91 Å². The van der Waals surface area contributed by atoms with Crippen LogP contribution in [0.2, 0.25) is 0 Å². The maximum absolute atomic E-state index is 13.8. The molecule has 0 fully saturated rings. The number of fused-ring (bicyclic) bond motifs is 1. The summed E-state index contributed by atoms with van der Waals surface area (Å²) in [4.78, 5) is 24.0. The molecular weight excluding hydrogens is 287 g/mol. The molecular formula is C16H13FN2O3. The van der Waals surface area contributed by atoms with Crippen LogP contribution >= 0.6 is 0 Å². The molecule has 0 unspecified atom stereocenters. The van der Waals surface area contributed by atoms with Crippen LogP contribution in [0.4, 0.5) is 15.8 Å². The average molecular weight is 300 g/mol. The largest absolute Gasteiger partial charge is 0.308 e. The molecule has 1 aliphatic rings. The zero-order chi connectivity index (χ0) is 15.7. The summed E-state index contributed by atoms with van der Waals surface area (Å²) < 4.78 is 13.8. The molecule has 0 atom stereocenters. The maximum Gasteiger partial charge on any atom is 0.269 e. The van der Waals surface area contributed by atoms with E-state index in [1.165, 1.54) is 23.1 Å². The van der Waals surface area contributed by atoms with Crippen LogP contribution in [-0.2, 0) is 17.8 Å². The van der Waals surface area contributed by atoms with Gasteiger partial charge in [0.05, 0.1) is 11.5 Å². The summed E-state index contributed by atoms with van der Waals surface area (Å²) >= 11 is 0. The summed E-state index contributed by atoms with van der Waals surface area (Å²) in [5.41, 5.74) is 1.77. The summed E-state index contributed by atoms with van der Waals surface area (Å²) in [6.45, 7) is 0.121. The summed E-state index contributed by atoms with van der Waals surface area (Å²) in [5, 5.41) is 10.8. The van der Waals surface area contributed by atoms with Crippen LogP contribution in [0.15, 0.2) is 42.5 Å². The van der Waals surface area contributed by atoms with Crippen LogP contribution in [0.3, 0.4) is 0 Å². The molecule has 112 valence electrons. The number of anilines is 1. The Labute approximate surface area is 126 Å². The third kappa shape index (κ3) is 2.55. The van der Waals surface area contributed by atoms with E-state index < -0.39 is 4.92 Å². The van der Waals surface area contributed by atoms with E-state index in [0.29, 0.717) is 17.7 Å². The molecule has 2 aromatic rings. The standard InChI is InChI=1S/C16H13FN2O3/c17-14-4-2-1-3-12(14)10-18-15-7-6-13(19(21)22)9-11(15)5-8-16(18)20/h1-4,6-7,9H,5,8,10H2. The minimum Gasteiger partial charge on any atom is -0.308 e. The molecule has 2 aromatic carbocycles. The lowest BCUT2D eigenvalue weighted by Gasteiger charge is -2.29. The molecule has 0 spiro atoms. The number of hydrogen-bond acceptors (Lipinski definition) is 3. The molecule has 0 aliphatic carbocycles. The highest BCUT2D eigenvalue weighted by Crippen LogP contribution is 2.32. The predicted octanol–water partition coefficient (Wildman–Crippen LogP) is 3.21. The fourth-order valence-corrected chi connectivity index (χ4v) is 2.63. The first-order valence-corrected chi connectivity index (χ1v) is 6.87. The van der Waals surface area contributed by atoms with Gasteiger partial charge in [0, 0.05) is 29.8 Å². The number of hydrogen-bond donors (Lipinski definition) is 0. The lowest BCUT2D eigenvalue weighted by atomic mass is 9.99. The number of nitro groups is 1. The van der Waals surface area contributed by atoms with Crippen molar-refractivity contribution in [3.63, 3.8) is 0 Å².